The number of aliphatic carboxylic acids is 1. The second-order valence-electron chi connectivity index (χ2n) is 3.61. The zero-order valence-electron chi connectivity index (χ0n) is 8.36. The number of carboxylic acid groups (broad SMARTS) is 1. The van der Waals surface area contributed by atoms with E-state index in [1.807, 2.05) is 24.4 Å². The van der Waals surface area contributed by atoms with Crippen LogP contribution in [0.4, 0.5) is 0 Å². The van der Waals surface area contributed by atoms with Crippen molar-refractivity contribution < 1.29 is 9.90 Å². The first-order valence-corrected chi connectivity index (χ1v) is 5.04. The molecule has 2 N–H and O–H groups in total. The number of hydrogen-bond acceptors (Lipinski definition) is 1. The molecule has 3 nitrogen and oxygen atoms in total. The molecular weight excluding hydrogens is 191 g/mol. The summed E-state index contributed by atoms with van der Waals surface area (Å²) < 4.78 is 0. The van der Waals surface area contributed by atoms with E-state index in [1.54, 1.807) is 0 Å². The van der Waals surface area contributed by atoms with Crippen LogP contribution in [0.1, 0.15) is 18.4 Å². The largest absolute Gasteiger partial charge is 0.481 e. The predicted octanol–water partition coefficient (Wildman–Crippen LogP) is 2.58. The number of aromatic amines is 1. The average Bonchev–Trinajstić information content (AvgIpc) is 2.62. The van der Waals surface area contributed by atoms with Gasteiger partial charge in [0.15, 0.2) is 0 Å². The lowest BCUT2D eigenvalue weighted by Gasteiger charge is -1.96. The molecule has 0 spiro atoms. The minimum atomic E-state index is -0.727. The predicted molar refractivity (Wildman–Crippen MR) is 58.9 cm³/mol. The molecule has 0 aliphatic heterocycles. The van der Waals surface area contributed by atoms with Crippen LogP contribution >= 0.6 is 0 Å². The van der Waals surface area contributed by atoms with Gasteiger partial charge in [0.1, 0.15) is 0 Å². The van der Waals surface area contributed by atoms with Crippen LogP contribution in [0, 0.1) is 0 Å². The third-order valence-corrected chi connectivity index (χ3v) is 2.51. The second kappa shape index (κ2) is 4.17. The Morgan fingerprint density at radius 2 is 2.13 bits per heavy atom. The number of para-hydroxylation sites is 1. The van der Waals surface area contributed by atoms with Gasteiger partial charge in [-0.25, -0.2) is 0 Å². The van der Waals surface area contributed by atoms with Gasteiger partial charge < -0.3 is 10.1 Å². The standard InChI is InChI=1S/C12H13NO2/c14-12(15)7-3-4-9-8-13-11-6-2-1-5-10(9)11/h1-2,5-6,8,13H,3-4,7H2,(H,14,15)/i8+1. The Hall–Kier alpha value is -1.77. The molecule has 3 heteroatoms. The molecular formula is C12H13NO2. The molecule has 15 heavy (non-hydrogen) atoms. The smallest absolute Gasteiger partial charge is 0.303 e. The summed E-state index contributed by atoms with van der Waals surface area (Å²) in [5.41, 5.74) is 2.31. The van der Waals surface area contributed by atoms with Crippen LogP contribution in [0.25, 0.3) is 10.9 Å². The average molecular weight is 204 g/mol. The van der Waals surface area contributed by atoms with Crippen molar-refractivity contribution >= 4 is 16.9 Å². The van der Waals surface area contributed by atoms with Crippen LogP contribution in [-0.2, 0) is 11.2 Å². The van der Waals surface area contributed by atoms with E-state index in [-0.39, 0.29) is 6.42 Å². The molecule has 0 bridgehead atoms. The number of aryl methyl sites for hydroxylation is 1. The third-order valence-electron chi connectivity index (χ3n) is 2.51. The lowest BCUT2D eigenvalue weighted by Crippen LogP contribution is -1.95. The molecule has 0 aliphatic rings. The summed E-state index contributed by atoms with van der Waals surface area (Å²) >= 11 is 0. The lowest BCUT2D eigenvalue weighted by atomic mass is 10.1. The number of aromatic nitrogens is 1. The van der Waals surface area contributed by atoms with Crippen molar-refractivity contribution in [1.82, 2.24) is 4.98 Å². The van der Waals surface area contributed by atoms with Gasteiger partial charge in [-0.1, -0.05) is 18.2 Å². The van der Waals surface area contributed by atoms with Crippen molar-refractivity contribution in [3.05, 3.63) is 36.0 Å². The number of fused-ring (bicyclic) bond motifs is 1. The van der Waals surface area contributed by atoms with Gasteiger partial charge in [0.2, 0.25) is 0 Å². The number of hydrogen-bond donors (Lipinski definition) is 2. The number of nitrogens with one attached hydrogen (secondary N) is 1. The first kappa shape index (κ1) is 9.77. The highest BCUT2D eigenvalue weighted by atomic mass is 16.4. The van der Waals surface area contributed by atoms with Crippen molar-refractivity contribution in [1.29, 1.82) is 0 Å². The van der Waals surface area contributed by atoms with E-state index in [1.165, 1.54) is 10.9 Å². The van der Waals surface area contributed by atoms with Gasteiger partial charge in [-0.3, -0.25) is 4.79 Å². The van der Waals surface area contributed by atoms with Gasteiger partial charge in [0.05, 0.1) is 0 Å². The van der Waals surface area contributed by atoms with E-state index >= 15 is 0 Å². The Bertz CT molecular complexity index is 473. The molecule has 0 aliphatic carbocycles. The number of carboxylic acids is 1. The van der Waals surface area contributed by atoms with Crippen molar-refractivity contribution in [2.24, 2.45) is 0 Å². The maximum Gasteiger partial charge on any atom is 0.303 e. The highest BCUT2D eigenvalue weighted by Gasteiger charge is 2.03. The summed E-state index contributed by atoms with van der Waals surface area (Å²) in [4.78, 5) is 13.6. The maximum absolute atomic E-state index is 10.4. The van der Waals surface area contributed by atoms with Gasteiger partial charge in [-0.05, 0) is 24.5 Å². The summed E-state index contributed by atoms with van der Waals surface area (Å²) in [6.45, 7) is 0. The van der Waals surface area contributed by atoms with Crippen LogP contribution in [-0.4, -0.2) is 16.1 Å². The molecule has 0 saturated carbocycles. The topological polar surface area (TPSA) is 53.1 Å². The van der Waals surface area contributed by atoms with Crippen molar-refractivity contribution in [2.45, 2.75) is 19.3 Å². The monoisotopic (exact) mass is 204 g/mol. The van der Waals surface area contributed by atoms with Crippen LogP contribution in [0.5, 0.6) is 0 Å². The Morgan fingerprint density at radius 1 is 1.33 bits per heavy atom. The molecule has 0 amide bonds. The summed E-state index contributed by atoms with van der Waals surface area (Å²) in [6.07, 6.45) is 3.71. The highest BCUT2D eigenvalue weighted by molar-refractivity contribution is 5.83. The molecule has 78 valence electrons. The molecule has 0 saturated heterocycles. The van der Waals surface area contributed by atoms with E-state index in [9.17, 15) is 4.79 Å². The third kappa shape index (κ3) is 2.18. The van der Waals surface area contributed by atoms with E-state index in [2.05, 4.69) is 11.1 Å². The second-order valence-corrected chi connectivity index (χ2v) is 3.61. The molecule has 0 unspecified atom stereocenters. The minimum absolute atomic E-state index is 0.236. The van der Waals surface area contributed by atoms with Crippen molar-refractivity contribution in [2.75, 3.05) is 0 Å². The molecule has 0 radical (unpaired) electrons. The van der Waals surface area contributed by atoms with E-state index < -0.39 is 5.97 Å². The molecule has 1 heterocycles. The summed E-state index contributed by atoms with van der Waals surface area (Å²) in [5, 5.41) is 9.74. The molecule has 0 fully saturated rings. The fraction of sp³-hybridized carbons (Fsp3) is 0.250. The number of benzene rings is 1. The van der Waals surface area contributed by atoms with Crippen LogP contribution < -0.4 is 0 Å². The molecule has 1 aromatic heterocycles. The van der Waals surface area contributed by atoms with Crippen molar-refractivity contribution in [3.8, 4) is 0 Å². The first-order valence-electron chi connectivity index (χ1n) is 5.04. The number of carbonyl (C=O) groups is 1. The van der Waals surface area contributed by atoms with E-state index in [0.29, 0.717) is 6.42 Å². The highest BCUT2D eigenvalue weighted by Crippen LogP contribution is 2.19. The van der Waals surface area contributed by atoms with E-state index in [0.717, 1.165) is 11.9 Å². The lowest BCUT2D eigenvalue weighted by molar-refractivity contribution is -0.137. The normalized spacial score (nSPS) is 10.7. The molecule has 1 aromatic carbocycles. The molecule has 2 rings (SSSR count). The zero-order valence-corrected chi connectivity index (χ0v) is 8.36. The van der Waals surface area contributed by atoms with Gasteiger partial charge in [-0.15, -0.1) is 0 Å². The Labute approximate surface area is 87.7 Å². The van der Waals surface area contributed by atoms with Crippen LogP contribution in [0.3, 0.4) is 0 Å². The van der Waals surface area contributed by atoms with Gasteiger partial charge in [-0.2, -0.15) is 0 Å². The van der Waals surface area contributed by atoms with Gasteiger partial charge >= 0.3 is 5.97 Å². The number of rotatable bonds is 4. The summed E-state index contributed by atoms with van der Waals surface area (Å²) in [5.74, 6) is -0.727. The number of H-pyrrole nitrogens is 1. The first-order chi connectivity index (χ1) is 7.27. The van der Waals surface area contributed by atoms with Crippen molar-refractivity contribution in [3.63, 3.8) is 0 Å². The van der Waals surface area contributed by atoms with Gasteiger partial charge in [0.25, 0.3) is 0 Å². The fourth-order valence-corrected chi connectivity index (χ4v) is 1.77. The Morgan fingerprint density at radius 3 is 2.93 bits per heavy atom. The Balaban J connectivity index is 2.11. The van der Waals surface area contributed by atoms with E-state index in [4.69, 9.17) is 5.11 Å². The summed E-state index contributed by atoms with van der Waals surface area (Å²) in [6, 6.07) is 8.06. The fourth-order valence-electron chi connectivity index (χ4n) is 1.77. The maximum atomic E-state index is 10.4. The van der Waals surface area contributed by atoms with Crippen LogP contribution in [0.15, 0.2) is 30.5 Å². The quantitative estimate of drug-likeness (QED) is 0.804. The van der Waals surface area contributed by atoms with Crippen LogP contribution in [0.2, 0.25) is 0 Å². The van der Waals surface area contributed by atoms with Gasteiger partial charge in [0, 0.05) is 23.5 Å². The summed E-state index contributed by atoms with van der Waals surface area (Å²) in [7, 11) is 0. The Kier molecular flexibility index (Phi) is 2.72. The zero-order chi connectivity index (χ0) is 10.7. The molecule has 0 atom stereocenters. The SMILES string of the molecule is O=C(O)CCCc1[13cH][nH]c2ccccc12. The minimum Gasteiger partial charge on any atom is -0.481 e. The molecule has 2 aromatic rings.